The zero-order valence-corrected chi connectivity index (χ0v) is 15.0. The fourth-order valence-corrected chi connectivity index (χ4v) is 3.72. The van der Waals surface area contributed by atoms with Crippen LogP contribution in [0.2, 0.25) is 0 Å². The van der Waals surface area contributed by atoms with Crippen molar-refractivity contribution in [3.05, 3.63) is 29.8 Å². The van der Waals surface area contributed by atoms with Gasteiger partial charge in [0.1, 0.15) is 5.75 Å². The molecule has 0 saturated heterocycles. The number of hydrogen-bond donors (Lipinski definition) is 1. The quantitative estimate of drug-likeness (QED) is 0.636. The predicted octanol–water partition coefficient (Wildman–Crippen LogP) is 3.37. The molecule has 1 N–H and O–H groups in total. The van der Waals surface area contributed by atoms with Crippen LogP contribution in [0, 0.1) is 0 Å². The molecular weight excluding hydrogens is 314 g/mol. The topological polar surface area (TPSA) is 66.8 Å². The lowest BCUT2D eigenvalue weighted by atomic mass is 9.88. The summed E-state index contributed by atoms with van der Waals surface area (Å²) < 4.78 is 35.9. The third-order valence-electron chi connectivity index (χ3n) is 4.22. The van der Waals surface area contributed by atoms with E-state index < -0.39 is 10.1 Å². The van der Waals surface area contributed by atoms with Crippen LogP contribution >= 0.6 is 0 Å². The van der Waals surface area contributed by atoms with Crippen molar-refractivity contribution in [3.8, 4) is 5.75 Å². The van der Waals surface area contributed by atoms with Crippen LogP contribution < -0.4 is 9.64 Å². The third-order valence-corrected chi connectivity index (χ3v) is 5.02. The van der Waals surface area contributed by atoms with Crippen LogP contribution in [-0.2, 0) is 10.1 Å². The largest absolute Gasteiger partial charge is 0.497 e. The Kier molecular flexibility index (Phi) is 5.06. The van der Waals surface area contributed by atoms with Crippen LogP contribution in [0.3, 0.4) is 0 Å². The minimum Gasteiger partial charge on any atom is -0.497 e. The molecule has 0 aliphatic carbocycles. The molecule has 0 saturated carbocycles. The van der Waals surface area contributed by atoms with E-state index in [2.05, 4.69) is 37.8 Å². The van der Waals surface area contributed by atoms with Crippen molar-refractivity contribution in [2.75, 3.05) is 24.3 Å². The van der Waals surface area contributed by atoms with Gasteiger partial charge in [0.25, 0.3) is 10.1 Å². The van der Waals surface area contributed by atoms with Crippen molar-refractivity contribution < 1.29 is 17.7 Å². The van der Waals surface area contributed by atoms with Gasteiger partial charge in [-0.3, -0.25) is 4.55 Å². The molecule has 2 rings (SSSR count). The number of anilines is 1. The summed E-state index contributed by atoms with van der Waals surface area (Å²) in [6.07, 6.45) is 3.35. The highest BCUT2D eigenvalue weighted by Gasteiger charge is 2.31. The van der Waals surface area contributed by atoms with E-state index in [4.69, 9.17) is 9.29 Å². The zero-order valence-electron chi connectivity index (χ0n) is 14.2. The Labute approximate surface area is 138 Å². The second-order valence-corrected chi connectivity index (χ2v) is 8.08. The fraction of sp³-hybridized carbons (Fsp3) is 0.529. The van der Waals surface area contributed by atoms with Gasteiger partial charge in [-0.05, 0) is 51.3 Å². The third kappa shape index (κ3) is 4.26. The summed E-state index contributed by atoms with van der Waals surface area (Å²) in [5, 5.41) is 0. The van der Waals surface area contributed by atoms with Crippen molar-refractivity contribution in [2.24, 2.45) is 0 Å². The normalized spacial score (nSPS) is 16.7. The van der Waals surface area contributed by atoms with Crippen molar-refractivity contribution in [2.45, 2.75) is 39.2 Å². The monoisotopic (exact) mass is 339 g/mol. The highest BCUT2D eigenvalue weighted by atomic mass is 32.2. The van der Waals surface area contributed by atoms with Gasteiger partial charge in [-0.15, -0.1) is 0 Å². The van der Waals surface area contributed by atoms with Gasteiger partial charge in [0.2, 0.25) is 0 Å². The molecule has 0 spiro atoms. The number of hydrogen-bond acceptors (Lipinski definition) is 4. The maximum atomic E-state index is 10.9. The van der Waals surface area contributed by atoms with E-state index >= 15 is 0 Å². The van der Waals surface area contributed by atoms with Crippen LogP contribution in [0.4, 0.5) is 5.69 Å². The van der Waals surface area contributed by atoms with Gasteiger partial charge < -0.3 is 9.64 Å². The standard InChI is InChI=1S/C17H25NO4S/c1-13-12-17(2,3)18(9-5-6-10-23(19,20)21)16-11-14(22-4)7-8-15(13)16/h7-8,11-12H,5-6,9-10H2,1-4H3,(H,19,20,21). The Morgan fingerprint density at radius 3 is 2.57 bits per heavy atom. The highest BCUT2D eigenvalue weighted by molar-refractivity contribution is 7.85. The summed E-state index contributed by atoms with van der Waals surface area (Å²) in [5.41, 5.74) is 3.32. The summed E-state index contributed by atoms with van der Waals surface area (Å²) in [6, 6.07) is 6.03. The maximum absolute atomic E-state index is 10.9. The Morgan fingerprint density at radius 1 is 1.26 bits per heavy atom. The molecule has 1 aliphatic rings. The molecule has 0 unspecified atom stereocenters. The molecule has 0 fully saturated rings. The van der Waals surface area contributed by atoms with Gasteiger partial charge in [0, 0.05) is 23.9 Å². The molecule has 0 atom stereocenters. The smallest absolute Gasteiger partial charge is 0.264 e. The second kappa shape index (κ2) is 6.53. The fourth-order valence-electron chi connectivity index (χ4n) is 3.15. The summed E-state index contributed by atoms with van der Waals surface area (Å²) in [6.45, 7) is 7.10. The van der Waals surface area contributed by atoms with Gasteiger partial charge in [-0.1, -0.05) is 6.08 Å². The lowest BCUT2D eigenvalue weighted by Crippen LogP contribution is -2.45. The Balaban J connectivity index is 2.24. The van der Waals surface area contributed by atoms with E-state index in [0.717, 1.165) is 11.4 Å². The van der Waals surface area contributed by atoms with E-state index in [-0.39, 0.29) is 11.3 Å². The molecular formula is C17H25NO4S. The first-order valence-corrected chi connectivity index (χ1v) is 9.35. The number of nitrogens with zero attached hydrogens (tertiary/aromatic N) is 1. The minimum absolute atomic E-state index is 0.165. The van der Waals surface area contributed by atoms with Gasteiger partial charge >= 0.3 is 0 Å². The van der Waals surface area contributed by atoms with Crippen LogP contribution in [-0.4, -0.2) is 37.9 Å². The first-order chi connectivity index (χ1) is 10.6. The highest BCUT2D eigenvalue weighted by Crippen LogP contribution is 2.40. The minimum atomic E-state index is -3.89. The first kappa shape index (κ1) is 17.8. The number of unbranched alkanes of at least 4 members (excludes halogenated alkanes) is 1. The van der Waals surface area contributed by atoms with E-state index in [9.17, 15) is 8.42 Å². The number of allylic oxidation sites excluding steroid dienone is 1. The lowest BCUT2D eigenvalue weighted by Gasteiger charge is -2.43. The molecule has 23 heavy (non-hydrogen) atoms. The zero-order chi connectivity index (χ0) is 17.3. The molecule has 5 nitrogen and oxygen atoms in total. The summed E-state index contributed by atoms with van der Waals surface area (Å²) >= 11 is 0. The number of fused-ring (bicyclic) bond motifs is 1. The molecule has 6 heteroatoms. The second-order valence-electron chi connectivity index (χ2n) is 6.51. The van der Waals surface area contributed by atoms with E-state index in [1.165, 1.54) is 11.1 Å². The van der Waals surface area contributed by atoms with Crippen LogP contribution in [0.5, 0.6) is 5.75 Å². The van der Waals surface area contributed by atoms with Crippen LogP contribution in [0.1, 0.15) is 39.2 Å². The predicted molar refractivity (Wildman–Crippen MR) is 93.7 cm³/mol. The number of ether oxygens (including phenoxy) is 1. The Morgan fingerprint density at radius 2 is 1.96 bits per heavy atom. The number of benzene rings is 1. The van der Waals surface area contributed by atoms with Gasteiger partial charge in [-0.2, -0.15) is 8.42 Å². The van der Waals surface area contributed by atoms with Gasteiger partial charge in [-0.25, -0.2) is 0 Å². The lowest BCUT2D eigenvalue weighted by molar-refractivity contribution is 0.414. The SMILES string of the molecule is COc1ccc2c(c1)N(CCCCS(=O)(=O)O)C(C)(C)C=C2C. The van der Waals surface area contributed by atoms with E-state index in [1.807, 2.05) is 12.1 Å². The molecule has 0 amide bonds. The molecule has 0 bridgehead atoms. The van der Waals surface area contributed by atoms with Crippen molar-refractivity contribution in [1.82, 2.24) is 0 Å². The summed E-state index contributed by atoms with van der Waals surface area (Å²) in [5.74, 6) is 0.610. The molecule has 128 valence electrons. The number of rotatable bonds is 6. The summed E-state index contributed by atoms with van der Waals surface area (Å²) in [4.78, 5) is 2.27. The molecule has 1 aliphatic heterocycles. The van der Waals surface area contributed by atoms with Crippen molar-refractivity contribution in [3.63, 3.8) is 0 Å². The molecule has 0 aromatic heterocycles. The van der Waals surface area contributed by atoms with Crippen LogP contribution in [0.15, 0.2) is 24.3 Å². The van der Waals surface area contributed by atoms with Crippen molar-refractivity contribution >= 4 is 21.4 Å². The first-order valence-electron chi connectivity index (χ1n) is 7.75. The van der Waals surface area contributed by atoms with Crippen molar-refractivity contribution in [1.29, 1.82) is 0 Å². The molecule has 1 heterocycles. The van der Waals surface area contributed by atoms with E-state index in [0.29, 0.717) is 19.4 Å². The van der Waals surface area contributed by atoms with Crippen LogP contribution in [0.25, 0.3) is 5.57 Å². The molecule has 1 aromatic carbocycles. The molecule has 0 radical (unpaired) electrons. The average molecular weight is 339 g/mol. The average Bonchev–Trinajstić information content (AvgIpc) is 2.43. The van der Waals surface area contributed by atoms with E-state index in [1.54, 1.807) is 7.11 Å². The Hall–Kier alpha value is -1.53. The maximum Gasteiger partial charge on any atom is 0.264 e. The summed E-state index contributed by atoms with van der Waals surface area (Å²) in [7, 11) is -2.24. The molecule has 1 aromatic rings. The van der Waals surface area contributed by atoms with Gasteiger partial charge in [0.15, 0.2) is 0 Å². The number of methoxy groups -OCH3 is 1. The van der Waals surface area contributed by atoms with Gasteiger partial charge in [0.05, 0.1) is 18.4 Å². The Bertz CT molecular complexity index is 707.